The Bertz CT molecular complexity index is 463. The van der Waals surface area contributed by atoms with Crippen molar-refractivity contribution in [2.24, 2.45) is 5.73 Å². The third kappa shape index (κ3) is 2.08. The summed E-state index contributed by atoms with van der Waals surface area (Å²) in [5.74, 6) is 0. The molecule has 0 aliphatic heterocycles. The van der Waals surface area contributed by atoms with Crippen LogP contribution in [0.3, 0.4) is 0 Å². The fourth-order valence-corrected chi connectivity index (χ4v) is 2.21. The Morgan fingerprint density at radius 2 is 2.40 bits per heavy atom. The number of anilines is 1. The molecule has 0 aliphatic rings. The van der Waals surface area contributed by atoms with E-state index >= 15 is 0 Å². The zero-order valence-electron chi connectivity index (χ0n) is 8.82. The first-order chi connectivity index (χ1) is 7.18. The number of rotatable bonds is 3. The van der Waals surface area contributed by atoms with Crippen molar-refractivity contribution in [3.63, 3.8) is 0 Å². The standard InChI is InChI=1S/C10H14N4S/c1-6(11)5-13-8-3-4-12-10-9(8)7(2)14-15-10/h3-4,6H,5,11H2,1-2H3,(H,12,13). The molecule has 2 aromatic rings. The van der Waals surface area contributed by atoms with Crippen LogP contribution in [0.1, 0.15) is 12.6 Å². The highest BCUT2D eigenvalue weighted by Crippen LogP contribution is 2.27. The van der Waals surface area contributed by atoms with Gasteiger partial charge >= 0.3 is 0 Å². The maximum atomic E-state index is 5.71. The number of nitrogens with one attached hydrogen (secondary N) is 1. The van der Waals surface area contributed by atoms with Crippen LogP contribution >= 0.6 is 11.5 Å². The lowest BCUT2D eigenvalue weighted by Crippen LogP contribution is -2.25. The number of hydrogen-bond acceptors (Lipinski definition) is 5. The molecule has 80 valence electrons. The van der Waals surface area contributed by atoms with Gasteiger partial charge in [0, 0.05) is 24.5 Å². The molecule has 0 amide bonds. The Labute approximate surface area is 92.7 Å². The normalized spacial score (nSPS) is 13.0. The van der Waals surface area contributed by atoms with Gasteiger partial charge in [-0.3, -0.25) is 0 Å². The molecule has 0 fully saturated rings. The fourth-order valence-electron chi connectivity index (χ4n) is 1.44. The molecule has 0 saturated carbocycles. The lowest BCUT2D eigenvalue weighted by molar-refractivity contribution is 0.781. The van der Waals surface area contributed by atoms with Gasteiger partial charge in [0.05, 0.1) is 11.1 Å². The molecule has 0 saturated heterocycles. The monoisotopic (exact) mass is 222 g/mol. The van der Waals surface area contributed by atoms with E-state index in [1.807, 2.05) is 19.9 Å². The molecule has 1 unspecified atom stereocenters. The summed E-state index contributed by atoms with van der Waals surface area (Å²) in [5, 5.41) is 4.43. The molecule has 15 heavy (non-hydrogen) atoms. The molecule has 5 heteroatoms. The van der Waals surface area contributed by atoms with E-state index in [2.05, 4.69) is 14.7 Å². The van der Waals surface area contributed by atoms with Crippen molar-refractivity contribution in [2.45, 2.75) is 19.9 Å². The maximum absolute atomic E-state index is 5.71. The Morgan fingerprint density at radius 3 is 3.13 bits per heavy atom. The molecule has 2 rings (SSSR count). The van der Waals surface area contributed by atoms with Gasteiger partial charge < -0.3 is 11.1 Å². The minimum absolute atomic E-state index is 0.139. The van der Waals surface area contributed by atoms with Gasteiger partial charge in [0.2, 0.25) is 0 Å². The van der Waals surface area contributed by atoms with Crippen LogP contribution in [-0.4, -0.2) is 21.9 Å². The van der Waals surface area contributed by atoms with Gasteiger partial charge in [0.1, 0.15) is 4.83 Å². The van der Waals surface area contributed by atoms with E-state index < -0.39 is 0 Å². The number of nitrogens with two attached hydrogens (primary N) is 1. The lowest BCUT2D eigenvalue weighted by atomic mass is 10.2. The van der Waals surface area contributed by atoms with E-state index in [0.717, 1.165) is 28.1 Å². The zero-order chi connectivity index (χ0) is 10.8. The van der Waals surface area contributed by atoms with Crippen molar-refractivity contribution in [3.05, 3.63) is 18.0 Å². The molecule has 3 N–H and O–H groups in total. The highest BCUT2D eigenvalue weighted by Gasteiger charge is 2.08. The van der Waals surface area contributed by atoms with Crippen LogP contribution in [0.4, 0.5) is 5.69 Å². The molecule has 1 atom stereocenters. The highest BCUT2D eigenvalue weighted by molar-refractivity contribution is 7.13. The van der Waals surface area contributed by atoms with Crippen molar-refractivity contribution in [2.75, 3.05) is 11.9 Å². The molecule has 2 heterocycles. The largest absolute Gasteiger partial charge is 0.383 e. The second kappa shape index (κ2) is 4.12. The Hall–Kier alpha value is -1.20. The van der Waals surface area contributed by atoms with Crippen molar-refractivity contribution in [3.8, 4) is 0 Å². The van der Waals surface area contributed by atoms with E-state index in [1.54, 1.807) is 6.20 Å². The van der Waals surface area contributed by atoms with Crippen LogP contribution in [0.5, 0.6) is 0 Å². The van der Waals surface area contributed by atoms with Crippen LogP contribution in [0.25, 0.3) is 10.2 Å². The molecule has 4 nitrogen and oxygen atoms in total. The number of aromatic nitrogens is 2. The average molecular weight is 222 g/mol. The Morgan fingerprint density at radius 1 is 1.60 bits per heavy atom. The first-order valence-corrected chi connectivity index (χ1v) is 5.66. The molecule has 0 aliphatic carbocycles. The van der Waals surface area contributed by atoms with Crippen molar-refractivity contribution < 1.29 is 0 Å². The predicted octanol–water partition coefficient (Wildman–Crippen LogP) is 1.76. The van der Waals surface area contributed by atoms with Gasteiger partial charge in [-0.2, -0.15) is 4.37 Å². The lowest BCUT2D eigenvalue weighted by Gasteiger charge is -2.09. The summed E-state index contributed by atoms with van der Waals surface area (Å²) in [5.41, 5.74) is 7.80. The summed E-state index contributed by atoms with van der Waals surface area (Å²) in [4.78, 5) is 5.25. The fraction of sp³-hybridized carbons (Fsp3) is 0.400. The Kier molecular flexibility index (Phi) is 2.83. The maximum Gasteiger partial charge on any atom is 0.145 e. The summed E-state index contributed by atoms with van der Waals surface area (Å²) >= 11 is 1.43. The van der Waals surface area contributed by atoms with Gasteiger partial charge in [-0.15, -0.1) is 0 Å². The second-order valence-electron chi connectivity index (χ2n) is 3.66. The topological polar surface area (TPSA) is 63.8 Å². The van der Waals surface area contributed by atoms with Crippen LogP contribution in [0.2, 0.25) is 0 Å². The van der Waals surface area contributed by atoms with E-state index in [1.165, 1.54) is 11.5 Å². The van der Waals surface area contributed by atoms with Gasteiger partial charge in [-0.25, -0.2) is 4.98 Å². The molecule has 0 spiro atoms. The zero-order valence-corrected chi connectivity index (χ0v) is 9.64. The number of fused-ring (bicyclic) bond motifs is 1. The highest BCUT2D eigenvalue weighted by atomic mass is 32.1. The van der Waals surface area contributed by atoms with Crippen molar-refractivity contribution >= 4 is 27.4 Å². The van der Waals surface area contributed by atoms with E-state index in [0.29, 0.717) is 0 Å². The van der Waals surface area contributed by atoms with E-state index in [4.69, 9.17) is 5.73 Å². The smallest absolute Gasteiger partial charge is 0.145 e. The number of nitrogens with zero attached hydrogens (tertiary/aromatic N) is 2. The quantitative estimate of drug-likeness (QED) is 0.830. The van der Waals surface area contributed by atoms with Gasteiger partial charge in [-0.1, -0.05) is 0 Å². The summed E-state index contributed by atoms with van der Waals surface area (Å²) in [7, 11) is 0. The molecule has 2 aromatic heterocycles. The van der Waals surface area contributed by atoms with Gasteiger partial charge in [0.15, 0.2) is 0 Å². The van der Waals surface area contributed by atoms with Crippen molar-refractivity contribution in [1.82, 2.24) is 9.36 Å². The first-order valence-electron chi connectivity index (χ1n) is 4.89. The van der Waals surface area contributed by atoms with Crippen LogP contribution < -0.4 is 11.1 Å². The summed E-state index contributed by atoms with van der Waals surface area (Å²) < 4.78 is 4.29. The summed E-state index contributed by atoms with van der Waals surface area (Å²) in [6.07, 6.45) is 1.80. The minimum Gasteiger partial charge on any atom is -0.383 e. The summed E-state index contributed by atoms with van der Waals surface area (Å²) in [6, 6.07) is 2.10. The number of pyridine rings is 1. The van der Waals surface area contributed by atoms with Gasteiger partial charge in [-0.05, 0) is 31.4 Å². The third-order valence-corrected chi connectivity index (χ3v) is 3.01. The molecular weight excluding hydrogens is 208 g/mol. The number of hydrogen-bond donors (Lipinski definition) is 2. The molecule has 0 bridgehead atoms. The minimum atomic E-state index is 0.139. The van der Waals surface area contributed by atoms with Crippen LogP contribution in [-0.2, 0) is 0 Å². The average Bonchev–Trinajstić information content (AvgIpc) is 2.58. The van der Waals surface area contributed by atoms with Crippen LogP contribution in [0.15, 0.2) is 12.3 Å². The third-order valence-electron chi connectivity index (χ3n) is 2.16. The second-order valence-corrected chi connectivity index (χ2v) is 4.42. The van der Waals surface area contributed by atoms with E-state index in [9.17, 15) is 0 Å². The van der Waals surface area contributed by atoms with Crippen molar-refractivity contribution in [1.29, 1.82) is 0 Å². The predicted molar refractivity (Wildman–Crippen MR) is 64.3 cm³/mol. The Balaban J connectivity index is 2.37. The summed E-state index contributed by atoms with van der Waals surface area (Å²) in [6.45, 7) is 4.73. The molecule has 0 aromatic carbocycles. The number of aryl methyl sites for hydroxylation is 1. The van der Waals surface area contributed by atoms with Crippen LogP contribution in [0, 0.1) is 6.92 Å². The van der Waals surface area contributed by atoms with E-state index in [-0.39, 0.29) is 6.04 Å². The SMILES string of the molecule is Cc1nsc2nccc(NCC(C)N)c12. The van der Waals surface area contributed by atoms with Gasteiger partial charge in [0.25, 0.3) is 0 Å². The first kappa shape index (κ1) is 10.3. The molecule has 0 radical (unpaired) electrons. The molecular formula is C10H14N4S.